The normalized spacial score (nSPS) is 13.1. The van der Waals surface area contributed by atoms with Gasteiger partial charge in [-0.3, -0.25) is 9.79 Å². The van der Waals surface area contributed by atoms with Gasteiger partial charge >= 0.3 is 0 Å². The van der Waals surface area contributed by atoms with Crippen LogP contribution in [0.3, 0.4) is 0 Å². The number of aromatic nitrogens is 1. The zero-order valence-electron chi connectivity index (χ0n) is 18.8. The molecule has 174 valence electrons. The number of amides is 1. The smallest absolute Gasteiger partial charge is 0.226 e. The third-order valence-electron chi connectivity index (χ3n) is 5.58. The van der Waals surface area contributed by atoms with E-state index >= 15 is 0 Å². The van der Waals surface area contributed by atoms with Crippen LogP contribution in [0, 0.1) is 0 Å². The number of fused-ring (bicyclic) bond motifs is 1. The molecule has 1 aliphatic heterocycles. The summed E-state index contributed by atoms with van der Waals surface area (Å²) in [6.07, 6.45) is 3.86. The minimum atomic E-state index is 0. The summed E-state index contributed by atoms with van der Waals surface area (Å²) in [6.45, 7) is 2.69. The zero-order valence-corrected chi connectivity index (χ0v) is 21.1. The SMILES string of the molecule is CN=C(NCCCC(=O)N1CCc2ccccc2C1)NCc1coc(-c2ccccc2)n1.I. The Morgan fingerprint density at radius 3 is 2.64 bits per heavy atom. The molecular formula is C25H30IN5O2. The number of guanidine groups is 1. The second kappa shape index (κ2) is 12.4. The van der Waals surface area contributed by atoms with Gasteiger partial charge in [-0.2, -0.15) is 0 Å². The largest absolute Gasteiger partial charge is 0.444 e. The molecule has 2 heterocycles. The molecule has 0 saturated heterocycles. The Bertz CT molecular complexity index is 1070. The second-order valence-electron chi connectivity index (χ2n) is 7.80. The lowest BCUT2D eigenvalue weighted by atomic mass is 9.99. The number of hydrogen-bond donors (Lipinski definition) is 2. The molecule has 0 spiro atoms. The molecule has 2 N–H and O–H groups in total. The van der Waals surface area contributed by atoms with Gasteiger partial charge in [-0.15, -0.1) is 24.0 Å². The lowest BCUT2D eigenvalue weighted by Gasteiger charge is -2.29. The lowest BCUT2D eigenvalue weighted by molar-refractivity contribution is -0.132. The number of nitrogens with one attached hydrogen (secondary N) is 2. The van der Waals surface area contributed by atoms with Crippen molar-refractivity contribution in [3.63, 3.8) is 0 Å². The first-order chi connectivity index (χ1) is 15.7. The van der Waals surface area contributed by atoms with Crippen LogP contribution in [0.25, 0.3) is 11.5 Å². The van der Waals surface area contributed by atoms with Crippen LogP contribution in [0.1, 0.15) is 29.7 Å². The number of halogens is 1. The molecule has 0 fully saturated rings. The molecule has 1 aromatic heterocycles. The first kappa shape index (κ1) is 24.8. The van der Waals surface area contributed by atoms with Crippen molar-refractivity contribution in [1.29, 1.82) is 0 Å². The van der Waals surface area contributed by atoms with Crippen molar-refractivity contribution in [1.82, 2.24) is 20.5 Å². The van der Waals surface area contributed by atoms with E-state index < -0.39 is 0 Å². The maximum Gasteiger partial charge on any atom is 0.226 e. The topological polar surface area (TPSA) is 82.8 Å². The van der Waals surface area contributed by atoms with Crippen molar-refractivity contribution in [2.24, 2.45) is 4.99 Å². The molecule has 0 radical (unpaired) electrons. The number of nitrogens with zero attached hydrogens (tertiary/aromatic N) is 3. The quantitative estimate of drug-likeness (QED) is 0.198. The van der Waals surface area contributed by atoms with Crippen LogP contribution in [0.4, 0.5) is 0 Å². The molecule has 2 aromatic carbocycles. The Balaban J connectivity index is 0.00000306. The number of hydrogen-bond acceptors (Lipinski definition) is 4. The van der Waals surface area contributed by atoms with E-state index in [9.17, 15) is 4.79 Å². The van der Waals surface area contributed by atoms with Crippen LogP contribution in [0.15, 0.2) is 70.3 Å². The summed E-state index contributed by atoms with van der Waals surface area (Å²) in [7, 11) is 1.73. The molecular weight excluding hydrogens is 529 g/mol. The molecule has 3 aromatic rings. The fourth-order valence-corrected chi connectivity index (χ4v) is 3.81. The maximum atomic E-state index is 12.6. The van der Waals surface area contributed by atoms with Crippen LogP contribution in [0.2, 0.25) is 0 Å². The van der Waals surface area contributed by atoms with Gasteiger partial charge in [0.05, 0.1) is 12.2 Å². The zero-order chi connectivity index (χ0) is 22.2. The van der Waals surface area contributed by atoms with Crippen LogP contribution < -0.4 is 10.6 Å². The molecule has 0 saturated carbocycles. The first-order valence-corrected chi connectivity index (χ1v) is 11.0. The minimum absolute atomic E-state index is 0. The van der Waals surface area contributed by atoms with Crippen LogP contribution in [-0.2, 0) is 24.3 Å². The highest BCUT2D eigenvalue weighted by Crippen LogP contribution is 2.19. The maximum absolute atomic E-state index is 12.6. The Labute approximate surface area is 211 Å². The number of carbonyl (C=O) groups is 1. The predicted octanol–water partition coefficient (Wildman–Crippen LogP) is 3.99. The fraction of sp³-hybridized carbons (Fsp3) is 0.320. The standard InChI is InChI=1S/C25H29N5O2.HI/c1-26-25(28-16-22-18-32-24(29-22)20-9-3-2-4-10-20)27-14-7-12-23(31)30-15-13-19-8-5-6-11-21(19)17-30;/h2-6,8-11,18H,7,12-17H2,1H3,(H2,26,27,28);1H. The van der Waals surface area contributed by atoms with Gasteiger partial charge in [0.25, 0.3) is 0 Å². The van der Waals surface area contributed by atoms with E-state index in [1.165, 1.54) is 11.1 Å². The van der Waals surface area contributed by atoms with Gasteiger partial charge in [0.2, 0.25) is 11.8 Å². The molecule has 1 amide bonds. The van der Waals surface area contributed by atoms with E-state index in [1.807, 2.05) is 41.3 Å². The first-order valence-electron chi connectivity index (χ1n) is 11.0. The van der Waals surface area contributed by atoms with Crippen LogP contribution in [0.5, 0.6) is 0 Å². The van der Waals surface area contributed by atoms with Gasteiger partial charge < -0.3 is 20.0 Å². The summed E-state index contributed by atoms with van der Waals surface area (Å²) >= 11 is 0. The number of rotatable bonds is 7. The summed E-state index contributed by atoms with van der Waals surface area (Å²) in [6, 6.07) is 18.2. The summed E-state index contributed by atoms with van der Waals surface area (Å²) in [4.78, 5) is 23.3. The number of carbonyl (C=O) groups excluding carboxylic acids is 1. The van der Waals surface area contributed by atoms with Gasteiger partial charge in [0.1, 0.15) is 6.26 Å². The summed E-state index contributed by atoms with van der Waals surface area (Å²) in [5, 5.41) is 6.50. The Morgan fingerprint density at radius 1 is 1.09 bits per heavy atom. The number of aliphatic imine (C=N–C) groups is 1. The Hall–Kier alpha value is -2.88. The van der Waals surface area contributed by atoms with Crippen LogP contribution in [-0.4, -0.2) is 41.9 Å². The highest BCUT2D eigenvalue weighted by atomic mass is 127. The lowest BCUT2D eigenvalue weighted by Crippen LogP contribution is -2.38. The average Bonchev–Trinajstić information content (AvgIpc) is 3.33. The molecule has 7 nitrogen and oxygen atoms in total. The summed E-state index contributed by atoms with van der Waals surface area (Å²) < 4.78 is 5.57. The second-order valence-corrected chi connectivity index (χ2v) is 7.80. The van der Waals surface area contributed by atoms with E-state index in [4.69, 9.17) is 4.42 Å². The molecule has 8 heteroatoms. The number of benzene rings is 2. The summed E-state index contributed by atoms with van der Waals surface area (Å²) in [5.74, 6) is 1.48. The van der Waals surface area contributed by atoms with Crippen molar-refractivity contribution in [3.05, 3.63) is 77.7 Å². The summed E-state index contributed by atoms with van der Waals surface area (Å²) in [5.41, 5.74) is 4.37. The van der Waals surface area contributed by atoms with E-state index in [0.29, 0.717) is 37.9 Å². The third kappa shape index (κ3) is 6.80. The minimum Gasteiger partial charge on any atom is -0.444 e. The van der Waals surface area contributed by atoms with Gasteiger partial charge in [-0.05, 0) is 36.1 Å². The van der Waals surface area contributed by atoms with Crippen molar-refractivity contribution in [2.75, 3.05) is 20.1 Å². The van der Waals surface area contributed by atoms with Crippen molar-refractivity contribution in [3.8, 4) is 11.5 Å². The molecule has 1 aliphatic rings. The van der Waals surface area contributed by atoms with E-state index in [0.717, 1.165) is 30.6 Å². The number of oxazole rings is 1. The third-order valence-corrected chi connectivity index (χ3v) is 5.58. The molecule has 0 atom stereocenters. The van der Waals surface area contributed by atoms with Crippen molar-refractivity contribution < 1.29 is 9.21 Å². The van der Waals surface area contributed by atoms with E-state index in [1.54, 1.807) is 13.3 Å². The van der Waals surface area contributed by atoms with Crippen LogP contribution >= 0.6 is 24.0 Å². The average molecular weight is 559 g/mol. The van der Waals surface area contributed by atoms with Crippen molar-refractivity contribution in [2.45, 2.75) is 32.4 Å². The van der Waals surface area contributed by atoms with Gasteiger partial charge in [-0.25, -0.2) is 4.98 Å². The molecule has 33 heavy (non-hydrogen) atoms. The fourth-order valence-electron chi connectivity index (χ4n) is 3.81. The van der Waals surface area contributed by atoms with E-state index in [2.05, 4.69) is 38.8 Å². The van der Waals surface area contributed by atoms with Gasteiger partial charge in [0, 0.05) is 38.7 Å². The highest BCUT2D eigenvalue weighted by molar-refractivity contribution is 14.0. The highest BCUT2D eigenvalue weighted by Gasteiger charge is 2.19. The Morgan fingerprint density at radius 2 is 1.85 bits per heavy atom. The predicted molar refractivity (Wildman–Crippen MR) is 140 cm³/mol. The molecule has 0 aliphatic carbocycles. The van der Waals surface area contributed by atoms with Gasteiger partial charge in [-0.1, -0.05) is 42.5 Å². The monoisotopic (exact) mass is 559 g/mol. The van der Waals surface area contributed by atoms with Gasteiger partial charge in [0.15, 0.2) is 5.96 Å². The van der Waals surface area contributed by atoms with Crippen molar-refractivity contribution >= 4 is 35.8 Å². The Kier molecular flexibility index (Phi) is 9.29. The molecule has 0 unspecified atom stereocenters. The molecule has 0 bridgehead atoms. The molecule has 4 rings (SSSR count). The van der Waals surface area contributed by atoms with E-state index in [-0.39, 0.29) is 29.9 Å².